The third-order valence-corrected chi connectivity index (χ3v) is 3.79. The van der Waals surface area contributed by atoms with Crippen molar-refractivity contribution in [1.82, 2.24) is 5.32 Å². The highest BCUT2D eigenvalue weighted by atomic mass is 32.1. The summed E-state index contributed by atoms with van der Waals surface area (Å²) in [5.74, 6) is -2.97. The molecule has 0 saturated carbocycles. The molecular weight excluding hydrogens is 341 g/mol. The van der Waals surface area contributed by atoms with Gasteiger partial charge in [0.15, 0.2) is 0 Å². The molecule has 0 spiro atoms. The van der Waals surface area contributed by atoms with Crippen LogP contribution in [-0.4, -0.2) is 43.5 Å². The van der Waals surface area contributed by atoms with E-state index in [2.05, 4.69) is 14.8 Å². The number of methoxy groups -OCH3 is 2. The minimum atomic E-state index is -3.26. The molecule has 1 aromatic heterocycles. The van der Waals surface area contributed by atoms with Crippen molar-refractivity contribution < 1.29 is 33.0 Å². The van der Waals surface area contributed by atoms with Gasteiger partial charge in [0, 0.05) is 4.88 Å². The van der Waals surface area contributed by atoms with Gasteiger partial charge in [-0.3, -0.25) is 0 Å². The predicted octanol–water partition coefficient (Wildman–Crippen LogP) is 2.37. The fourth-order valence-electron chi connectivity index (χ4n) is 1.86. The second-order valence-electron chi connectivity index (χ2n) is 5.79. The lowest BCUT2D eigenvalue weighted by molar-refractivity contribution is -0.174. The molecule has 134 valence electrons. The van der Waals surface area contributed by atoms with E-state index in [1.807, 2.05) is 0 Å². The van der Waals surface area contributed by atoms with Crippen molar-refractivity contribution in [3.63, 3.8) is 0 Å². The average molecular weight is 361 g/mol. The molecular formula is C15H20FNO6S. The van der Waals surface area contributed by atoms with Gasteiger partial charge in [-0.2, -0.15) is 0 Å². The summed E-state index contributed by atoms with van der Waals surface area (Å²) in [7, 11) is 1.86. The minimum absolute atomic E-state index is 0.221. The van der Waals surface area contributed by atoms with Crippen LogP contribution in [0.15, 0.2) is 17.5 Å². The summed E-state index contributed by atoms with van der Waals surface area (Å²) >= 11 is 1.05. The Morgan fingerprint density at radius 1 is 1.17 bits per heavy atom. The summed E-state index contributed by atoms with van der Waals surface area (Å²) in [6, 6.07) is 1.39. The Morgan fingerprint density at radius 3 is 2.08 bits per heavy atom. The minimum Gasteiger partial charge on any atom is -0.466 e. The van der Waals surface area contributed by atoms with Crippen LogP contribution in [-0.2, 0) is 23.8 Å². The van der Waals surface area contributed by atoms with Gasteiger partial charge < -0.3 is 19.5 Å². The Kier molecular flexibility index (Phi) is 6.30. The van der Waals surface area contributed by atoms with Crippen molar-refractivity contribution in [3.8, 4) is 0 Å². The number of amides is 1. The molecule has 0 aliphatic heterocycles. The number of thiophene rings is 1. The smallest absolute Gasteiger partial charge is 0.408 e. The Balaban J connectivity index is 3.28. The van der Waals surface area contributed by atoms with E-state index in [0.717, 1.165) is 25.6 Å². The Labute approximate surface area is 143 Å². The molecule has 0 aromatic carbocycles. The molecule has 1 amide bonds. The number of nitrogens with one attached hydrogen (secondary N) is 1. The van der Waals surface area contributed by atoms with E-state index < -0.39 is 35.3 Å². The van der Waals surface area contributed by atoms with Crippen molar-refractivity contribution in [1.29, 1.82) is 0 Å². The highest BCUT2D eigenvalue weighted by Gasteiger charge is 2.58. The summed E-state index contributed by atoms with van der Waals surface area (Å²) in [6.07, 6.45) is -0.990. The lowest BCUT2D eigenvalue weighted by atomic mass is 9.94. The molecule has 1 heterocycles. The molecule has 7 nitrogen and oxygen atoms in total. The lowest BCUT2D eigenvalue weighted by Gasteiger charge is -2.30. The number of esters is 2. The van der Waals surface area contributed by atoms with Crippen LogP contribution in [0.4, 0.5) is 9.18 Å². The van der Waals surface area contributed by atoms with Gasteiger partial charge in [0.1, 0.15) is 11.6 Å². The Bertz CT molecular complexity index is 580. The van der Waals surface area contributed by atoms with Crippen LogP contribution < -0.4 is 5.32 Å². The molecule has 0 saturated heterocycles. The largest absolute Gasteiger partial charge is 0.466 e. The molecule has 0 aliphatic rings. The van der Waals surface area contributed by atoms with Crippen LogP contribution in [0.3, 0.4) is 0 Å². The van der Waals surface area contributed by atoms with E-state index >= 15 is 4.39 Å². The highest BCUT2D eigenvalue weighted by molar-refractivity contribution is 7.10. The maximum Gasteiger partial charge on any atom is 0.408 e. The zero-order chi connectivity index (χ0) is 18.5. The van der Waals surface area contributed by atoms with Gasteiger partial charge in [-0.15, -0.1) is 11.3 Å². The summed E-state index contributed by atoms with van der Waals surface area (Å²) < 4.78 is 29.3. The molecule has 1 atom stereocenters. The summed E-state index contributed by atoms with van der Waals surface area (Å²) in [5, 5.41) is 3.82. The molecule has 9 heteroatoms. The number of hydrogen-bond donors (Lipinski definition) is 1. The number of halogens is 1. The first-order chi connectivity index (χ1) is 11.1. The SMILES string of the molecule is COC(=O)C(F)(C(=O)OC)[C@@H](NC(=O)OC(C)(C)C)c1cccs1. The first-order valence-corrected chi connectivity index (χ1v) is 7.83. The fourth-order valence-corrected chi connectivity index (χ4v) is 2.69. The lowest BCUT2D eigenvalue weighted by Crippen LogP contribution is -2.55. The first-order valence-electron chi connectivity index (χ1n) is 6.95. The zero-order valence-electron chi connectivity index (χ0n) is 14.0. The maximum absolute atomic E-state index is 15.4. The number of hydrogen-bond acceptors (Lipinski definition) is 7. The van der Waals surface area contributed by atoms with Gasteiger partial charge in [0.25, 0.3) is 0 Å². The number of carbonyl (C=O) groups is 3. The molecule has 0 radical (unpaired) electrons. The van der Waals surface area contributed by atoms with Crippen LogP contribution in [0.1, 0.15) is 31.7 Å². The van der Waals surface area contributed by atoms with Gasteiger partial charge >= 0.3 is 23.7 Å². The monoisotopic (exact) mass is 361 g/mol. The van der Waals surface area contributed by atoms with E-state index in [0.29, 0.717) is 0 Å². The predicted molar refractivity (Wildman–Crippen MR) is 84.3 cm³/mol. The van der Waals surface area contributed by atoms with Gasteiger partial charge in [-0.1, -0.05) is 6.07 Å². The van der Waals surface area contributed by atoms with Crippen LogP contribution in [0.5, 0.6) is 0 Å². The normalized spacial score (nSPS) is 12.9. The van der Waals surface area contributed by atoms with E-state index in [4.69, 9.17) is 4.74 Å². The highest BCUT2D eigenvalue weighted by Crippen LogP contribution is 2.35. The Morgan fingerprint density at radius 2 is 1.71 bits per heavy atom. The number of alkyl carbamates (subject to hydrolysis) is 1. The number of rotatable bonds is 5. The second kappa shape index (κ2) is 7.61. The molecule has 1 rings (SSSR count). The molecule has 0 bridgehead atoms. The summed E-state index contributed by atoms with van der Waals surface area (Å²) in [6.45, 7) is 4.86. The first kappa shape index (κ1) is 19.9. The van der Waals surface area contributed by atoms with Crippen LogP contribution in [0.2, 0.25) is 0 Å². The van der Waals surface area contributed by atoms with Crippen LogP contribution >= 0.6 is 11.3 Å². The van der Waals surface area contributed by atoms with Crippen molar-refractivity contribution in [3.05, 3.63) is 22.4 Å². The quantitative estimate of drug-likeness (QED) is 0.492. The van der Waals surface area contributed by atoms with Crippen molar-refractivity contribution in [2.45, 2.75) is 38.1 Å². The number of carbonyl (C=O) groups excluding carboxylic acids is 3. The van der Waals surface area contributed by atoms with Gasteiger partial charge in [-0.25, -0.2) is 18.8 Å². The van der Waals surface area contributed by atoms with Crippen molar-refractivity contribution in [2.24, 2.45) is 0 Å². The number of ether oxygens (including phenoxy) is 3. The van der Waals surface area contributed by atoms with Crippen LogP contribution in [0, 0.1) is 0 Å². The standard InChI is InChI=1S/C15H20FNO6S/c1-14(2,3)23-13(20)17-10(9-7-6-8-24-9)15(16,11(18)21-4)12(19)22-5/h6-8,10H,1-5H3,(H,17,20)/t10-/m0/s1. The molecule has 1 N–H and O–H groups in total. The molecule has 0 unspecified atom stereocenters. The van der Waals surface area contributed by atoms with Crippen molar-refractivity contribution in [2.75, 3.05) is 14.2 Å². The molecule has 1 aromatic rings. The number of alkyl halides is 1. The summed E-state index contributed by atoms with van der Waals surface area (Å²) in [4.78, 5) is 36.2. The maximum atomic E-state index is 15.4. The zero-order valence-corrected chi connectivity index (χ0v) is 14.9. The third kappa shape index (κ3) is 4.44. The van der Waals surface area contributed by atoms with Gasteiger partial charge in [0.05, 0.1) is 14.2 Å². The van der Waals surface area contributed by atoms with Crippen LogP contribution in [0.25, 0.3) is 0 Å². The molecule has 24 heavy (non-hydrogen) atoms. The third-order valence-electron chi connectivity index (χ3n) is 2.85. The molecule has 0 fully saturated rings. The van der Waals surface area contributed by atoms with E-state index in [9.17, 15) is 14.4 Å². The molecule has 0 aliphatic carbocycles. The average Bonchev–Trinajstić information content (AvgIpc) is 3.02. The van der Waals surface area contributed by atoms with E-state index in [1.165, 1.54) is 6.07 Å². The van der Waals surface area contributed by atoms with Gasteiger partial charge in [0.2, 0.25) is 0 Å². The topological polar surface area (TPSA) is 90.9 Å². The summed E-state index contributed by atoms with van der Waals surface area (Å²) in [5.41, 5.74) is -4.11. The second-order valence-corrected chi connectivity index (χ2v) is 6.77. The Hall–Kier alpha value is -2.16. The van der Waals surface area contributed by atoms with Gasteiger partial charge in [-0.05, 0) is 32.2 Å². The van der Waals surface area contributed by atoms with E-state index in [1.54, 1.807) is 32.2 Å². The van der Waals surface area contributed by atoms with Crippen molar-refractivity contribution >= 4 is 29.4 Å². The fraction of sp³-hybridized carbons (Fsp3) is 0.533. The van der Waals surface area contributed by atoms with E-state index in [-0.39, 0.29) is 4.88 Å².